The summed E-state index contributed by atoms with van der Waals surface area (Å²) >= 11 is 0. The van der Waals surface area contributed by atoms with Gasteiger partial charge in [-0.1, -0.05) is 134 Å². The van der Waals surface area contributed by atoms with Crippen molar-refractivity contribution in [3.8, 4) is 0 Å². The van der Waals surface area contributed by atoms with Gasteiger partial charge in [0.15, 0.2) is 0 Å². The van der Waals surface area contributed by atoms with E-state index in [0.717, 1.165) is 43.3 Å². The number of anilines is 6. The molecule has 0 fully saturated rings. The molecule has 0 atom stereocenters. The normalized spacial score (nSPS) is 12.1. The third kappa shape index (κ3) is 14.3. The summed E-state index contributed by atoms with van der Waals surface area (Å²) < 4.78 is 5.28. The summed E-state index contributed by atoms with van der Waals surface area (Å²) in [6.07, 6.45) is 3.15. The van der Waals surface area contributed by atoms with Crippen LogP contribution < -0.4 is 42.1 Å². The first-order chi connectivity index (χ1) is 35.8. The molecule has 0 saturated carbocycles. The van der Waals surface area contributed by atoms with E-state index < -0.39 is 0 Å². The average molecular weight is 1380 g/mol. The van der Waals surface area contributed by atoms with Gasteiger partial charge in [-0.2, -0.15) is 60.7 Å². The molecular formula is C58H58N12O4Pt2-6. The number of fused-ring (bicyclic) bond motifs is 2. The van der Waals surface area contributed by atoms with Crippen LogP contribution in [0.5, 0.6) is 0 Å². The van der Waals surface area contributed by atoms with E-state index >= 15 is 0 Å². The van der Waals surface area contributed by atoms with Crippen LogP contribution >= 0.6 is 0 Å². The van der Waals surface area contributed by atoms with Gasteiger partial charge in [-0.15, -0.1) is 24.7 Å². The number of rotatable bonds is 10. The first kappa shape index (κ1) is 59.1. The van der Waals surface area contributed by atoms with Gasteiger partial charge in [-0.3, -0.25) is 27.9 Å². The second-order valence-electron chi connectivity index (χ2n) is 17.3. The summed E-state index contributed by atoms with van der Waals surface area (Å²) in [5.41, 5.74) is 4.85. The van der Waals surface area contributed by atoms with E-state index in [1.807, 2.05) is 209 Å². The predicted octanol–water partition coefficient (Wildman–Crippen LogP) is 10.8. The first-order valence-corrected chi connectivity index (χ1v) is 23.8. The zero-order chi connectivity index (χ0) is 52.7. The van der Waals surface area contributed by atoms with Gasteiger partial charge in [0.1, 0.15) is 23.0 Å². The summed E-state index contributed by atoms with van der Waals surface area (Å²) in [6.45, 7) is 11.8. The van der Waals surface area contributed by atoms with Gasteiger partial charge in [0.25, 0.3) is 11.1 Å². The van der Waals surface area contributed by atoms with Crippen molar-refractivity contribution in [2.24, 2.45) is 38.2 Å². The molecule has 16 nitrogen and oxygen atoms in total. The van der Waals surface area contributed by atoms with Crippen LogP contribution in [0.4, 0.5) is 57.1 Å². The van der Waals surface area contributed by atoms with E-state index in [0.29, 0.717) is 23.0 Å². The maximum Gasteiger partial charge on any atom is 0.332 e. The number of benzene rings is 6. The second kappa shape index (κ2) is 28.2. The average Bonchev–Trinajstić information content (AvgIpc) is 4.05. The maximum atomic E-state index is 12.6. The molecule has 76 heavy (non-hydrogen) atoms. The Balaban J connectivity index is 0.000000188. The molecule has 0 bridgehead atoms. The van der Waals surface area contributed by atoms with E-state index in [2.05, 4.69) is 32.8 Å². The van der Waals surface area contributed by atoms with E-state index in [1.165, 1.54) is 23.2 Å². The van der Waals surface area contributed by atoms with Gasteiger partial charge < -0.3 is 40.2 Å². The summed E-state index contributed by atoms with van der Waals surface area (Å²) in [5.74, 6) is 1.22. The minimum Gasteiger partial charge on any atom is -0.488 e. The SMILES string of the molecule is C(=Nc1ccccc1)[N-]c1ccccc1.C(=Nc1ccccc1)[N-]c1ccccc1.CC(C)N1[CH-]N(c2[c-]cccc2)c2c1n(C)c(=O)n(C)c2=O.CC(C)N1[CH-]N(c2[c-]cccc2)c2c1n(C)c(=O)n(C)c2=O.[Pt].[Pt]. The monoisotopic (exact) mass is 1380 g/mol. The molecule has 0 radical (unpaired) electrons. The Hall–Kier alpha value is -7.80. The van der Waals surface area contributed by atoms with Crippen LogP contribution in [-0.4, -0.2) is 43.0 Å². The second-order valence-corrected chi connectivity index (χ2v) is 17.3. The van der Waals surface area contributed by atoms with Crippen molar-refractivity contribution in [3.63, 3.8) is 0 Å². The molecule has 0 spiro atoms. The Labute approximate surface area is 472 Å². The molecule has 4 heterocycles. The van der Waals surface area contributed by atoms with Crippen LogP contribution in [-0.2, 0) is 70.3 Å². The zero-order valence-electron chi connectivity index (χ0n) is 43.3. The predicted molar refractivity (Wildman–Crippen MR) is 301 cm³/mol. The molecule has 2 aliphatic rings. The number of nitrogens with zero attached hydrogens (tertiary/aromatic N) is 12. The molecule has 400 valence electrons. The summed E-state index contributed by atoms with van der Waals surface area (Å²) in [5, 5.41) is 8.42. The molecule has 8 aromatic rings. The third-order valence-corrected chi connectivity index (χ3v) is 11.5. The van der Waals surface area contributed by atoms with E-state index in [9.17, 15) is 19.2 Å². The zero-order valence-corrected chi connectivity index (χ0v) is 47.8. The fourth-order valence-corrected chi connectivity index (χ4v) is 7.69. The molecule has 0 saturated heterocycles. The molecule has 0 unspecified atom stereocenters. The molecular weight excluding hydrogens is 1320 g/mol. The molecule has 2 aliphatic heterocycles. The van der Waals surface area contributed by atoms with Crippen LogP contribution in [0.3, 0.4) is 0 Å². The van der Waals surface area contributed by atoms with Crippen molar-refractivity contribution < 1.29 is 42.1 Å². The van der Waals surface area contributed by atoms with Gasteiger partial charge in [-0.05, 0) is 62.5 Å². The van der Waals surface area contributed by atoms with Crippen molar-refractivity contribution in [1.82, 2.24) is 18.3 Å². The Morgan fingerprint density at radius 1 is 0.447 bits per heavy atom. The van der Waals surface area contributed by atoms with Crippen LogP contribution in [0.1, 0.15) is 27.7 Å². The standard InChI is InChI=1S/2C16H18N4O2.2C13H11N2.2Pt/c2*1-11(2)19-10-20(12-8-6-5-7-9-12)13-14(19)17(3)16(22)18(4)15(13)21;2*1-3-7-12(8-4-1)14-11-15-13-9-5-2-6-10-13;;/h2*5-8,10-11H,1-4H3;2*1-11H;;/q2*-2;2*-1;;. The smallest absolute Gasteiger partial charge is 0.332 e. The van der Waals surface area contributed by atoms with Crippen LogP contribution in [0.2, 0.25) is 0 Å². The van der Waals surface area contributed by atoms with Gasteiger partial charge >= 0.3 is 11.4 Å². The number of aliphatic imine (C=N–C) groups is 2. The number of hydrogen-bond donors (Lipinski definition) is 0. The minimum absolute atomic E-state index is 0. The molecule has 10 rings (SSSR count). The van der Waals surface area contributed by atoms with Gasteiger partial charge in [-0.25, -0.2) is 9.59 Å². The Bertz CT molecular complexity index is 3160. The van der Waals surface area contributed by atoms with E-state index in [-0.39, 0.29) is 76.7 Å². The van der Waals surface area contributed by atoms with Crippen molar-refractivity contribution >= 4 is 69.8 Å². The number of hydrogen-bond acceptors (Lipinski definition) is 10. The van der Waals surface area contributed by atoms with Crippen molar-refractivity contribution in [2.75, 3.05) is 19.6 Å². The topological polar surface area (TPSA) is 154 Å². The van der Waals surface area contributed by atoms with Crippen LogP contribution in [0, 0.1) is 25.5 Å². The summed E-state index contributed by atoms with van der Waals surface area (Å²) in [4.78, 5) is 65.6. The maximum absolute atomic E-state index is 12.6. The summed E-state index contributed by atoms with van der Waals surface area (Å²) in [6, 6.07) is 60.4. The molecule has 0 N–H and O–H groups in total. The van der Waals surface area contributed by atoms with Crippen LogP contribution in [0.25, 0.3) is 10.6 Å². The van der Waals surface area contributed by atoms with E-state index in [1.54, 1.807) is 48.7 Å². The van der Waals surface area contributed by atoms with Crippen LogP contribution in [0.15, 0.2) is 199 Å². The largest absolute Gasteiger partial charge is 0.488 e. The van der Waals surface area contributed by atoms with Crippen molar-refractivity contribution in [2.45, 2.75) is 39.8 Å². The Morgan fingerprint density at radius 2 is 0.763 bits per heavy atom. The number of aromatic nitrogens is 4. The van der Waals surface area contributed by atoms with Gasteiger partial charge in [0.2, 0.25) is 0 Å². The molecule has 18 heteroatoms. The fourth-order valence-electron chi connectivity index (χ4n) is 7.69. The Kier molecular flexibility index (Phi) is 21.9. The molecule has 2 aromatic heterocycles. The van der Waals surface area contributed by atoms with Gasteiger partial charge in [0.05, 0.1) is 0 Å². The van der Waals surface area contributed by atoms with E-state index in [4.69, 9.17) is 0 Å². The van der Waals surface area contributed by atoms with Crippen molar-refractivity contribution in [3.05, 3.63) is 248 Å². The minimum atomic E-state index is -0.332. The molecule has 6 aromatic carbocycles. The van der Waals surface area contributed by atoms with Gasteiger partial charge in [0, 0.05) is 70.3 Å². The fraction of sp³-hybridized carbons (Fsp3) is 0.172. The molecule has 0 amide bonds. The van der Waals surface area contributed by atoms with Crippen molar-refractivity contribution in [1.29, 1.82) is 0 Å². The Morgan fingerprint density at radius 3 is 1.07 bits per heavy atom. The number of para-hydroxylation sites is 6. The summed E-state index contributed by atoms with van der Waals surface area (Å²) in [7, 11) is 6.36. The first-order valence-electron chi connectivity index (χ1n) is 23.8. The molecule has 0 aliphatic carbocycles. The quantitative estimate of drug-likeness (QED) is 0.0745. The third-order valence-electron chi connectivity index (χ3n) is 11.5.